The van der Waals surface area contributed by atoms with E-state index in [0.29, 0.717) is 5.78 Å². The molecule has 96 valence electrons. The summed E-state index contributed by atoms with van der Waals surface area (Å²) in [6.07, 6.45) is 11.5. The summed E-state index contributed by atoms with van der Waals surface area (Å²) in [5.74, 6) is 1.30. The summed E-state index contributed by atoms with van der Waals surface area (Å²) in [5.41, 5.74) is 0. The monoisotopic (exact) mass is 226 g/mol. The third-order valence-electron chi connectivity index (χ3n) is 3.05. The molecule has 0 fully saturated rings. The Hall–Kier alpha value is -0.330. The minimum atomic E-state index is 0.487. The summed E-state index contributed by atoms with van der Waals surface area (Å²) in [4.78, 5) is 11.5. The third kappa shape index (κ3) is 11.7. The standard InChI is InChI=1S/C15H30O/c1-4-5-6-9-12-15(16)13-10-7-8-11-14(2)3/h14H,4-13H2,1-3H3. The van der Waals surface area contributed by atoms with Crippen molar-refractivity contribution in [2.75, 3.05) is 0 Å². The zero-order chi connectivity index (χ0) is 12.2. The van der Waals surface area contributed by atoms with E-state index in [1.165, 1.54) is 38.5 Å². The molecule has 0 aromatic rings. The van der Waals surface area contributed by atoms with E-state index in [9.17, 15) is 4.79 Å². The van der Waals surface area contributed by atoms with E-state index in [1.807, 2.05) is 0 Å². The van der Waals surface area contributed by atoms with Crippen LogP contribution in [0.4, 0.5) is 0 Å². The van der Waals surface area contributed by atoms with Crippen molar-refractivity contribution in [3.8, 4) is 0 Å². The zero-order valence-corrected chi connectivity index (χ0v) is 11.6. The van der Waals surface area contributed by atoms with Gasteiger partial charge in [0.05, 0.1) is 0 Å². The van der Waals surface area contributed by atoms with Gasteiger partial charge >= 0.3 is 0 Å². The van der Waals surface area contributed by atoms with Crippen molar-refractivity contribution >= 4 is 5.78 Å². The minimum absolute atomic E-state index is 0.487. The second-order valence-corrected chi connectivity index (χ2v) is 5.34. The van der Waals surface area contributed by atoms with Gasteiger partial charge in [0.15, 0.2) is 0 Å². The molecule has 0 aromatic heterocycles. The molecule has 1 heteroatoms. The fraction of sp³-hybridized carbons (Fsp3) is 0.933. The highest BCUT2D eigenvalue weighted by Crippen LogP contribution is 2.11. The highest BCUT2D eigenvalue weighted by molar-refractivity contribution is 5.78. The molecular weight excluding hydrogens is 196 g/mol. The van der Waals surface area contributed by atoms with Crippen molar-refractivity contribution in [3.05, 3.63) is 0 Å². The van der Waals surface area contributed by atoms with Gasteiger partial charge in [0.25, 0.3) is 0 Å². The van der Waals surface area contributed by atoms with Crippen molar-refractivity contribution in [2.45, 2.75) is 85.0 Å². The lowest BCUT2D eigenvalue weighted by Gasteiger charge is -2.04. The quantitative estimate of drug-likeness (QED) is 0.446. The zero-order valence-electron chi connectivity index (χ0n) is 11.6. The first kappa shape index (κ1) is 15.7. The highest BCUT2D eigenvalue weighted by Gasteiger charge is 2.01. The largest absolute Gasteiger partial charge is 0.300 e. The second-order valence-electron chi connectivity index (χ2n) is 5.34. The molecule has 0 aromatic carbocycles. The molecule has 0 aliphatic carbocycles. The van der Waals surface area contributed by atoms with Gasteiger partial charge in [-0.3, -0.25) is 4.79 Å². The minimum Gasteiger partial charge on any atom is -0.300 e. The van der Waals surface area contributed by atoms with Crippen LogP contribution in [0.15, 0.2) is 0 Å². The van der Waals surface area contributed by atoms with Crippen molar-refractivity contribution < 1.29 is 4.79 Å². The molecule has 0 spiro atoms. The number of ketones is 1. The summed E-state index contributed by atoms with van der Waals surface area (Å²) in [6, 6.07) is 0. The molecule has 0 radical (unpaired) electrons. The highest BCUT2D eigenvalue weighted by atomic mass is 16.1. The van der Waals surface area contributed by atoms with E-state index in [1.54, 1.807) is 0 Å². The number of hydrogen-bond acceptors (Lipinski definition) is 1. The third-order valence-corrected chi connectivity index (χ3v) is 3.05. The Morgan fingerprint density at radius 2 is 1.44 bits per heavy atom. The van der Waals surface area contributed by atoms with E-state index in [0.717, 1.165) is 31.6 Å². The number of carbonyl (C=O) groups is 1. The normalized spacial score (nSPS) is 11.0. The van der Waals surface area contributed by atoms with Crippen LogP contribution in [0.3, 0.4) is 0 Å². The van der Waals surface area contributed by atoms with Gasteiger partial charge in [-0.2, -0.15) is 0 Å². The lowest BCUT2D eigenvalue weighted by Crippen LogP contribution is -1.98. The van der Waals surface area contributed by atoms with Crippen LogP contribution in [0.2, 0.25) is 0 Å². The Balaban J connectivity index is 3.17. The van der Waals surface area contributed by atoms with Crippen molar-refractivity contribution in [3.63, 3.8) is 0 Å². The van der Waals surface area contributed by atoms with Gasteiger partial charge in [0.1, 0.15) is 5.78 Å². The summed E-state index contributed by atoms with van der Waals surface area (Å²) >= 11 is 0. The number of unbranched alkanes of at least 4 members (excludes halogenated alkanes) is 5. The van der Waals surface area contributed by atoms with E-state index in [-0.39, 0.29) is 0 Å². The number of hydrogen-bond donors (Lipinski definition) is 0. The Morgan fingerprint density at radius 1 is 0.875 bits per heavy atom. The predicted molar refractivity (Wildman–Crippen MR) is 71.7 cm³/mol. The molecule has 0 aliphatic rings. The molecule has 0 bridgehead atoms. The van der Waals surface area contributed by atoms with Crippen LogP contribution in [0, 0.1) is 5.92 Å². The van der Waals surface area contributed by atoms with E-state index >= 15 is 0 Å². The maximum absolute atomic E-state index is 11.5. The number of carbonyl (C=O) groups excluding carboxylic acids is 1. The molecule has 0 N–H and O–H groups in total. The molecule has 0 saturated carbocycles. The van der Waals surface area contributed by atoms with Gasteiger partial charge in [0.2, 0.25) is 0 Å². The van der Waals surface area contributed by atoms with Crippen LogP contribution >= 0.6 is 0 Å². The molecular formula is C15H30O. The summed E-state index contributed by atoms with van der Waals surface area (Å²) in [5, 5.41) is 0. The van der Waals surface area contributed by atoms with Crippen molar-refractivity contribution in [1.29, 1.82) is 0 Å². The van der Waals surface area contributed by atoms with Crippen LogP contribution in [-0.2, 0) is 4.79 Å². The summed E-state index contributed by atoms with van der Waals surface area (Å²) in [6.45, 7) is 6.73. The molecule has 0 aliphatic heterocycles. The van der Waals surface area contributed by atoms with Gasteiger partial charge in [-0.15, -0.1) is 0 Å². The van der Waals surface area contributed by atoms with Crippen LogP contribution in [0.1, 0.15) is 85.0 Å². The average Bonchev–Trinajstić information content (AvgIpc) is 2.23. The van der Waals surface area contributed by atoms with Crippen LogP contribution in [0.5, 0.6) is 0 Å². The Bertz CT molecular complexity index is 161. The SMILES string of the molecule is CCCCCCC(=O)CCCCCC(C)C. The molecule has 16 heavy (non-hydrogen) atoms. The van der Waals surface area contributed by atoms with Gasteiger partial charge in [-0.25, -0.2) is 0 Å². The average molecular weight is 226 g/mol. The molecule has 0 heterocycles. The predicted octanol–water partition coefficient (Wildman–Crippen LogP) is 5.13. The molecule has 0 amide bonds. The van der Waals surface area contributed by atoms with Gasteiger partial charge in [0, 0.05) is 12.8 Å². The molecule has 1 nitrogen and oxygen atoms in total. The topological polar surface area (TPSA) is 17.1 Å². The lowest BCUT2D eigenvalue weighted by atomic mass is 10.0. The molecule has 0 atom stereocenters. The number of Topliss-reactive ketones (excluding diaryl/α,β-unsaturated/α-hetero) is 1. The van der Waals surface area contributed by atoms with E-state index < -0.39 is 0 Å². The van der Waals surface area contributed by atoms with Crippen LogP contribution < -0.4 is 0 Å². The maximum Gasteiger partial charge on any atom is 0.132 e. The smallest absolute Gasteiger partial charge is 0.132 e. The Kier molecular flexibility index (Phi) is 10.9. The van der Waals surface area contributed by atoms with Crippen molar-refractivity contribution in [2.24, 2.45) is 5.92 Å². The van der Waals surface area contributed by atoms with Gasteiger partial charge in [-0.05, 0) is 18.8 Å². The van der Waals surface area contributed by atoms with E-state index in [2.05, 4.69) is 20.8 Å². The first-order valence-corrected chi connectivity index (χ1v) is 7.18. The van der Waals surface area contributed by atoms with Crippen LogP contribution in [-0.4, -0.2) is 5.78 Å². The van der Waals surface area contributed by atoms with Gasteiger partial charge in [-0.1, -0.05) is 59.3 Å². The van der Waals surface area contributed by atoms with Crippen LogP contribution in [0.25, 0.3) is 0 Å². The maximum atomic E-state index is 11.5. The Morgan fingerprint density at radius 3 is 1.94 bits per heavy atom. The van der Waals surface area contributed by atoms with Gasteiger partial charge < -0.3 is 0 Å². The summed E-state index contributed by atoms with van der Waals surface area (Å²) in [7, 11) is 0. The lowest BCUT2D eigenvalue weighted by molar-refractivity contribution is -0.119. The fourth-order valence-electron chi connectivity index (χ4n) is 1.93. The molecule has 0 rings (SSSR count). The number of rotatable bonds is 11. The summed E-state index contributed by atoms with van der Waals surface area (Å²) < 4.78 is 0. The second kappa shape index (κ2) is 11.2. The van der Waals surface area contributed by atoms with E-state index in [4.69, 9.17) is 0 Å². The Labute approximate surface area is 102 Å². The molecule has 0 unspecified atom stereocenters. The fourth-order valence-corrected chi connectivity index (χ4v) is 1.93. The first-order chi connectivity index (χ1) is 7.66. The first-order valence-electron chi connectivity index (χ1n) is 7.18. The molecule has 0 saturated heterocycles. The van der Waals surface area contributed by atoms with Crippen molar-refractivity contribution in [1.82, 2.24) is 0 Å².